The normalized spacial score (nSPS) is 26.4. The topological polar surface area (TPSA) is 32.8 Å². The molecule has 0 spiro atoms. The van der Waals surface area contributed by atoms with Gasteiger partial charge in [0.25, 0.3) is 0 Å². The number of ether oxygens (including phenoxy) is 1. The zero-order chi connectivity index (χ0) is 12.8. The Morgan fingerprint density at radius 2 is 1.78 bits per heavy atom. The fourth-order valence-electron chi connectivity index (χ4n) is 3.00. The third kappa shape index (κ3) is 3.95. The number of carbonyl (C=O) groups is 1. The fraction of sp³-hybridized carbons (Fsp3) is 0.929. The monoisotopic (exact) mass is 254 g/mol. The first-order valence-electron chi connectivity index (χ1n) is 7.41. The van der Waals surface area contributed by atoms with Crippen LogP contribution in [0.25, 0.3) is 0 Å². The predicted molar refractivity (Wildman–Crippen MR) is 71.5 cm³/mol. The van der Waals surface area contributed by atoms with E-state index in [2.05, 4.69) is 9.80 Å². The third-order valence-corrected chi connectivity index (χ3v) is 4.06. The van der Waals surface area contributed by atoms with Crippen molar-refractivity contribution in [3.8, 4) is 0 Å². The van der Waals surface area contributed by atoms with Gasteiger partial charge in [-0.2, -0.15) is 0 Å². The molecule has 2 heterocycles. The average molecular weight is 254 g/mol. The second kappa shape index (κ2) is 7.10. The summed E-state index contributed by atoms with van der Waals surface area (Å²) in [5.41, 5.74) is 0. The Hall–Kier alpha value is -0.610. The molecule has 0 radical (unpaired) electrons. The number of piperidine rings is 1. The molecule has 0 amide bonds. The van der Waals surface area contributed by atoms with Gasteiger partial charge in [0.15, 0.2) is 0 Å². The lowest BCUT2D eigenvalue weighted by Crippen LogP contribution is -2.42. The van der Waals surface area contributed by atoms with Gasteiger partial charge in [-0.1, -0.05) is 0 Å². The van der Waals surface area contributed by atoms with Crippen LogP contribution in [0.3, 0.4) is 0 Å². The van der Waals surface area contributed by atoms with Crippen molar-refractivity contribution in [2.24, 2.45) is 5.92 Å². The summed E-state index contributed by atoms with van der Waals surface area (Å²) in [7, 11) is 0. The van der Waals surface area contributed by atoms with Crippen LogP contribution in [0, 0.1) is 5.92 Å². The van der Waals surface area contributed by atoms with E-state index in [1.807, 2.05) is 6.92 Å². The van der Waals surface area contributed by atoms with Gasteiger partial charge in [-0.15, -0.1) is 0 Å². The molecule has 2 fully saturated rings. The molecule has 0 unspecified atom stereocenters. The number of hydrogen-bond acceptors (Lipinski definition) is 4. The maximum absolute atomic E-state index is 11.7. The van der Waals surface area contributed by atoms with Crippen molar-refractivity contribution >= 4 is 5.97 Å². The first-order valence-corrected chi connectivity index (χ1v) is 7.41. The Kier molecular flexibility index (Phi) is 5.45. The fourth-order valence-corrected chi connectivity index (χ4v) is 3.00. The molecule has 0 aromatic carbocycles. The second-order valence-electron chi connectivity index (χ2n) is 5.44. The van der Waals surface area contributed by atoms with Gasteiger partial charge in [0, 0.05) is 19.6 Å². The lowest BCUT2D eigenvalue weighted by molar-refractivity contribution is -0.149. The summed E-state index contributed by atoms with van der Waals surface area (Å²) in [6, 6.07) is 0. The molecule has 0 aromatic rings. The minimum atomic E-state index is 0.00312. The molecular formula is C14H26N2O2. The van der Waals surface area contributed by atoms with Crippen molar-refractivity contribution in [2.75, 3.05) is 45.9 Å². The van der Waals surface area contributed by atoms with Crippen LogP contribution in [-0.4, -0.2) is 61.6 Å². The Morgan fingerprint density at radius 3 is 2.50 bits per heavy atom. The van der Waals surface area contributed by atoms with Crippen molar-refractivity contribution in [1.29, 1.82) is 0 Å². The van der Waals surface area contributed by atoms with E-state index in [9.17, 15) is 4.79 Å². The number of likely N-dealkylation sites (tertiary alicyclic amines) is 2. The number of rotatable bonds is 5. The first-order chi connectivity index (χ1) is 8.79. The molecule has 0 aliphatic carbocycles. The minimum Gasteiger partial charge on any atom is -0.466 e. The number of esters is 1. The van der Waals surface area contributed by atoms with Gasteiger partial charge in [0.05, 0.1) is 12.5 Å². The molecule has 2 saturated heterocycles. The molecule has 2 aliphatic rings. The van der Waals surface area contributed by atoms with E-state index >= 15 is 0 Å². The predicted octanol–water partition coefficient (Wildman–Crippen LogP) is 1.36. The average Bonchev–Trinajstić information content (AvgIpc) is 2.90. The van der Waals surface area contributed by atoms with Gasteiger partial charge in [-0.3, -0.25) is 4.79 Å². The van der Waals surface area contributed by atoms with Gasteiger partial charge in [-0.25, -0.2) is 0 Å². The van der Waals surface area contributed by atoms with Crippen LogP contribution in [0.2, 0.25) is 0 Å². The SMILES string of the molecule is CCOC(=O)[C@@H]1CCCN(CCN2CCCC2)C1. The highest BCUT2D eigenvalue weighted by Gasteiger charge is 2.26. The Balaban J connectivity index is 1.70. The molecule has 2 aliphatic heterocycles. The van der Waals surface area contributed by atoms with Crippen molar-refractivity contribution in [3.63, 3.8) is 0 Å². The van der Waals surface area contributed by atoms with Gasteiger partial charge >= 0.3 is 5.97 Å². The van der Waals surface area contributed by atoms with Crippen molar-refractivity contribution in [1.82, 2.24) is 9.80 Å². The van der Waals surface area contributed by atoms with E-state index < -0.39 is 0 Å². The van der Waals surface area contributed by atoms with E-state index in [0.717, 1.165) is 39.0 Å². The highest BCUT2D eigenvalue weighted by molar-refractivity contribution is 5.72. The molecule has 104 valence electrons. The summed E-state index contributed by atoms with van der Waals surface area (Å²) in [6.07, 6.45) is 4.83. The van der Waals surface area contributed by atoms with Crippen molar-refractivity contribution in [2.45, 2.75) is 32.6 Å². The summed E-state index contributed by atoms with van der Waals surface area (Å²) in [5, 5.41) is 0. The highest BCUT2D eigenvalue weighted by Crippen LogP contribution is 2.18. The van der Waals surface area contributed by atoms with Crippen LogP contribution in [0.15, 0.2) is 0 Å². The van der Waals surface area contributed by atoms with Crippen LogP contribution in [0.4, 0.5) is 0 Å². The number of carbonyl (C=O) groups excluding carboxylic acids is 1. The molecular weight excluding hydrogens is 228 g/mol. The van der Waals surface area contributed by atoms with Crippen LogP contribution >= 0.6 is 0 Å². The number of hydrogen-bond donors (Lipinski definition) is 0. The summed E-state index contributed by atoms with van der Waals surface area (Å²) >= 11 is 0. The molecule has 4 heteroatoms. The Morgan fingerprint density at radius 1 is 1.11 bits per heavy atom. The van der Waals surface area contributed by atoms with E-state index in [1.165, 1.54) is 25.9 Å². The van der Waals surface area contributed by atoms with E-state index in [1.54, 1.807) is 0 Å². The van der Waals surface area contributed by atoms with Gasteiger partial charge in [0.1, 0.15) is 0 Å². The summed E-state index contributed by atoms with van der Waals surface area (Å²) in [6.45, 7) is 9.21. The molecule has 0 aromatic heterocycles. The molecule has 18 heavy (non-hydrogen) atoms. The van der Waals surface area contributed by atoms with Gasteiger partial charge < -0.3 is 14.5 Å². The summed E-state index contributed by atoms with van der Waals surface area (Å²) in [4.78, 5) is 16.7. The lowest BCUT2D eigenvalue weighted by atomic mass is 9.98. The zero-order valence-corrected chi connectivity index (χ0v) is 11.6. The molecule has 1 atom stereocenters. The quantitative estimate of drug-likeness (QED) is 0.694. The van der Waals surface area contributed by atoms with Crippen LogP contribution in [0.5, 0.6) is 0 Å². The highest BCUT2D eigenvalue weighted by atomic mass is 16.5. The standard InChI is InChI=1S/C14H26N2O2/c1-2-18-14(17)13-6-5-9-16(12-13)11-10-15-7-3-4-8-15/h13H,2-12H2,1H3/t13-/m1/s1. The first kappa shape index (κ1) is 13.8. The molecule has 2 rings (SSSR count). The minimum absolute atomic E-state index is 0.00312. The largest absolute Gasteiger partial charge is 0.466 e. The maximum Gasteiger partial charge on any atom is 0.310 e. The molecule has 0 bridgehead atoms. The van der Waals surface area contributed by atoms with Crippen LogP contribution in [0.1, 0.15) is 32.6 Å². The summed E-state index contributed by atoms with van der Waals surface area (Å²) in [5.74, 6) is 0.112. The van der Waals surface area contributed by atoms with Crippen LogP contribution in [-0.2, 0) is 9.53 Å². The number of nitrogens with zero attached hydrogens (tertiary/aromatic N) is 2. The molecule has 0 saturated carbocycles. The van der Waals surface area contributed by atoms with E-state index in [0.29, 0.717) is 6.61 Å². The lowest BCUT2D eigenvalue weighted by Gasteiger charge is -2.32. The zero-order valence-electron chi connectivity index (χ0n) is 11.6. The second-order valence-corrected chi connectivity index (χ2v) is 5.44. The Labute approximate surface area is 110 Å². The Bertz CT molecular complexity index is 265. The third-order valence-electron chi connectivity index (χ3n) is 4.06. The van der Waals surface area contributed by atoms with E-state index in [-0.39, 0.29) is 11.9 Å². The summed E-state index contributed by atoms with van der Waals surface area (Å²) < 4.78 is 5.13. The van der Waals surface area contributed by atoms with Crippen molar-refractivity contribution in [3.05, 3.63) is 0 Å². The van der Waals surface area contributed by atoms with Gasteiger partial charge in [-0.05, 0) is 52.2 Å². The van der Waals surface area contributed by atoms with E-state index in [4.69, 9.17) is 4.74 Å². The smallest absolute Gasteiger partial charge is 0.310 e. The van der Waals surface area contributed by atoms with Crippen LogP contribution < -0.4 is 0 Å². The molecule has 4 nitrogen and oxygen atoms in total. The van der Waals surface area contributed by atoms with Crippen molar-refractivity contribution < 1.29 is 9.53 Å². The maximum atomic E-state index is 11.7. The molecule has 0 N–H and O–H groups in total. The van der Waals surface area contributed by atoms with Gasteiger partial charge in [0.2, 0.25) is 0 Å².